The van der Waals surface area contributed by atoms with E-state index in [1.165, 1.54) is 0 Å². The van der Waals surface area contributed by atoms with Gasteiger partial charge in [0.15, 0.2) is 0 Å². The summed E-state index contributed by atoms with van der Waals surface area (Å²) < 4.78 is 0. The summed E-state index contributed by atoms with van der Waals surface area (Å²) in [5.41, 5.74) is 3.64. The molecule has 1 N–H and O–H groups in total. The van der Waals surface area contributed by atoms with E-state index in [1.54, 1.807) is 12.3 Å². The van der Waals surface area contributed by atoms with Crippen molar-refractivity contribution in [2.24, 2.45) is 5.92 Å². The van der Waals surface area contributed by atoms with Gasteiger partial charge in [-0.2, -0.15) is 0 Å². The summed E-state index contributed by atoms with van der Waals surface area (Å²) in [7, 11) is 0. The van der Waals surface area contributed by atoms with Crippen LogP contribution in [0.4, 0.5) is 5.82 Å². The van der Waals surface area contributed by atoms with Crippen molar-refractivity contribution in [3.8, 4) is 0 Å². The first-order valence-corrected chi connectivity index (χ1v) is 10.7. The number of aryl methyl sites for hydroxylation is 2. The highest BCUT2D eigenvalue weighted by molar-refractivity contribution is 5.94. The van der Waals surface area contributed by atoms with Gasteiger partial charge in [0, 0.05) is 45.1 Å². The number of aromatic nitrogens is 2. The fourth-order valence-corrected chi connectivity index (χ4v) is 4.49. The maximum absolute atomic E-state index is 12.9. The third kappa shape index (κ3) is 3.88. The first-order chi connectivity index (χ1) is 14.5. The molecule has 4 rings (SSSR count). The fraction of sp³-hybridized carbons (Fsp3) is 0.478. The number of nitrogens with one attached hydrogen (secondary N) is 1. The van der Waals surface area contributed by atoms with Crippen LogP contribution in [-0.2, 0) is 4.79 Å². The highest BCUT2D eigenvalue weighted by Gasteiger charge is 2.35. The minimum atomic E-state index is -0.215. The van der Waals surface area contributed by atoms with Crippen molar-refractivity contribution >= 4 is 17.6 Å². The monoisotopic (exact) mass is 407 g/mol. The lowest BCUT2D eigenvalue weighted by atomic mass is 9.90. The van der Waals surface area contributed by atoms with Gasteiger partial charge >= 0.3 is 0 Å². The molecule has 7 heteroatoms. The van der Waals surface area contributed by atoms with E-state index in [9.17, 15) is 9.59 Å². The summed E-state index contributed by atoms with van der Waals surface area (Å²) in [4.78, 5) is 38.3. The van der Waals surface area contributed by atoms with E-state index in [0.29, 0.717) is 25.2 Å². The molecule has 0 aliphatic carbocycles. The number of amides is 2. The van der Waals surface area contributed by atoms with Crippen LogP contribution in [0.25, 0.3) is 0 Å². The highest BCUT2D eigenvalue weighted by Crippen LogP contribution is 2.30. The third-order valence-electron chi connectivity index (χ3n) is 6.22. The Morgan fingerprint density at radius 3 is 2.53 bits per heavy atom. The molecule has 1 unspecified atom stereocenters. The topological polar surface area (TPSA) is 78.4 Å². The number of rotatable bonds is 4. The predicted molar refractivity (Wildman–Crippen MR) is 116 cm³/mol. The van der Waals surface area contributed by atoms with Crippen LogP contribution in [0, 0.1) is 19.8 Å². The van der Waals surface area contributed by atoms with E-state index in [-0.39, 0.29) is 23.7 Å². The molecule has 0 aromatic carbocycles. The van der Waals surface area contributed by atoms with Gasteiger partial charge < -0.3 is 15.1 Å². The van der Waals surface area contributed by atoms with Gasteiger partial charge in [-0.1, -0.05) is 19.4 Å². The van der Waals surface area contributed by atoms with Gasteiger partial charge in [0.2, 0.25) is 5.91 Å². The Hall–Kier alpha value is -2.96. The molecule has 0 bridgehead atoms. The number of pyridine rings is 2. The van der Waals surface area contributed by atoms with E-state index >= 15 is 0 Å². The maximum Gasteiger partial charge on any atom is 0.255 e. The lowest BCUT2D eigenvalue weighted by molar-refractivity contribution is -0.120. The van der Waals surface area contributed by atoms with Gasteiger partial charge in [0.25, 0.3) is 5.91 Å². The van der Waals surface area contributed by atoms with Gasteiger partial charge in [-0.05, 0) is 43.0 Å². The number of piperazine rings is 1. The van der Waals surface area contributed by atoms with Gasteiger partial charge in [-0.3, -0.25) is 14.6 Å². The molecule has 0 radical (unpaired) electrons. The number of hydrogen-bond donors (Lipinski definition) is 1. The van der Waals surface area contributed by atoms with Gasteiger partial charge in [-0.15, -0.1) is 0 Å². The van der Waals surface area contributed by atoms with Crippen LogP contribution in [-0.4, -0.2) is 59.4 Å². The van der Waals surface area contributed by atoms with Crippen LogP contribution in [0.1, 0.15) is 46.4 Å². The zero-order chi connectivity index (χ0) is 21.3. The van der Waals surface area contributed by atoms with Crippen molar-refractivity contribution in [1.29, 1.82) is 0 Å². The van der Waals surface area contributed by atoms with Crippen LogP contribution in [0.5, 0.6) is 0 Å². The van der Waals surface area contributed by atoms with Crippen molar-refractivity contribution in [2.45, 2.75) is 33.1 Å². The molecule has 2 fully saturated rings. The zero-order valence-corrected chi connectivity index (χ0v) is 17.9. The molecule has 2 aromatic heterocycles. The minimum Gasteiger partial charge on any atom is -0.355 e. The summed E-state index contributed by atoms with van der Waals surface area (Å²) in [5, 5.41) is 2.92. The van der Waals surface area contributed by atoms with Crippen LogP contribution in [0.2, 0.25) is 0 Å². The Morgan fingerprint density at radius 2 is 1.90 bits per heavy atom. The molecule has 2 atom stereocenters. The Labute approximate surface area is 177 Å². The van der Waals surface area contributed by atoms with Crippen LogP contribution in [0.15, 0.2) is 30.6 Å². The Bertz CT molecular complexity index is 935. The predicted octanol–water partition coefficient (Wildman–Crippen LogP) is 2.30. The van der Waals surface area contributed by atoms with Gasteiger partial charge in [0.05, 0.1) is 17.2 Å². The summed E-state index contributed by atoms with van der Waals surface area (Å²) in [5.74, 6) is 1.07. The van der Waals surface area contributed by atoms with Gasteiger partial charge in [-0.25, -0.2) is 4.98 Å². The summed E-state index contributed by atoms with van der Waals surface area (Å²) in [6, 6.07) is 5.78. The average molecular weight is 408 g/mol. The third-order valence-corrected chi connectivity index (χ3v) is 6.22. The Morgan fingerprint density at radius 1 is 1.13 bits per heavy atom. The SMILES string of the molecule is CCC1CNC(=O)[C@H]1c1ccc(C(=O)N2CCN(c3ncc(C)cc3C)CC2)cn1. The smallest absolute Gasteiger partial charge is 0.255 e. The largest absolute Gasteiger partial charge is 0.355 e. The second-order valence-electron chi connectivity index (χ2n) is 8.30. The van der Waals surface area contributed by atoms with Crippen molar-refractivity contribution in [2.75, 3.05) is 37.6 Å². The van der Waals surface area contributed by atoms with E-state index in [2.05, 4.69) is 40.1 Å². The molecule has 158 valence electrons. The molecule has 2 aliphatic heterocycles. The quantitative estimate of drug-likeness (QED) is 0.841. The molecule has 2 aromatic rings. The van der Waals surface area contributed by atoms with Crippen LogP contribution in [0.3, 0.4) is 0 Å². The van der Waals surface area contributed by atoms with E-state index in [1.807, 2.05) is 24.1 Å². The first-order valence-electron chi connectivity index (χ1n) is 10.7. The first kappa shape index (κ1) is 20.3. The molecule has 2 saturated heterocycles. The molecule has 7 nitrogen and oxygen atoms in total. The molecular weight excluding hydrogens is 378 g/mol. The molecule has 0 saturated carbocycles. The Balaban J connectivity index is 1.40. The molecule has 2 aliphatic rings. The molecule has 30 heavy (non-hydrogen) atoms. The number of hydrogen-bond acceptors (Lipinski definition) is 5. The van der Waals surface area contributed by atoms with Crippen molar-refractivity contribution < 1.29 is 9.59 Å². The van der Waals surface area contributed by atoms with E-state index < -0.39 is 0 Å². The lowest BCUT2D eigenvalue weighted by Gasteiger charge is -2.36. The van der Waals surface area contributed by atoms with Crippen molar-refractivity contribution in [1.82, 2.24) is 20.2 Å². The van der Waals surface area contributed by atoms with E-state index in [4.69, 9.17) is 0 Å². The average Bonchev–Trinajstić information content (AvgIpc) is 3.14. The summed E-state index contributed by atoms with van der Waals surface area (Å²) in [6.07, 6.45) is 4.43. The van der Waals surface area contributed by atoms with Gasteiger partial charge in [0.1, 0.15) is 5.82 Å². The van der Waals surface area contributed by atoms with Crippen LogP contribution < -0.4 is 10.2 Å². The van der Waals surface area contributed by atoms with E-state index in [0.717, 1.165) is 42.1 Å². The second-order valence-corrected chi connectivity index (χ2v) is 8.30. The molecule has 0 spiro atoms. The summed E-state index contributed by atoms with van der Waals surface area (Å²) in [6.45, 7) is 9.72. The molecule has 2 amide bonds. The second kappa shape index (κ2) is 8.42. The number of nitrogens with zero attached hydrogens (tertiary/aromatic N) is 4. The maximum atomic E-state index is 12.9. The Kier molecular flexibility index (Phi) is 5.70. The van der Waals surface area contributed by atoms with Crippen molar-refractivity contribution in [3.63, 3.8) is 0 Å². The molecule has 4 heterocycles. The van der Waals surface area contributed by atoms with Crippen LogP contribution >= 0.6 is 0 Å². The highest BCUT2D eigenvalue weighted by atomic mass is 16.2. The number of carbonyl (C=O) groups is 2. The molecular formula is C23H29N5O2. The summed E-state index contributed by atoms with van der Waals surface area (Å²) >= 11 is 0. The lowest BCUT2D eigenvalue weighted by Crippen LogP contribution is -2.49. The number of carbonyl (C=O) groups excluding carboxylic acids is 2. The minimum absolute atomic E-state index is 0.00907. The zero-order valence-electron chi connectivity index (χ0n) is 17.9. The fourth-order valence-electron chi connectivity index (χ4n) is 4.49. The van der Waals surface area contributed by atoms with Crippen molar-refractivity contribution in [3.05, 3.63) is 53.0 Å². The number of anilines is 1. The standard InChI is InChI=1S/C23H29N5O2/c1-4-17-13-26-22(29)20(17)19-6-5-18(14-24-19)23(30)28-9-7-27(8-10-28)21-16(3)11-15(2)12-25-21/h5-6,11-12,14,17,20H,4,7-10,13H2,1-3H3,(H,26,29)/t17?,20-/m1/s1. The normalized spacial score (nSPS) is 21.6.